The zero-order valence-electron chi connectivity index (χ0n) is 5.44. The number of hydrogen-bond acceptors (Lipinski definition) is 5. The number of carbonyl (C=O) groups excluding carboxylic acids is 1. The van der Waals surface area contributed by atoms with Gasteiger partial charge in [0.1, 0.15) is 0 Å². The van der Waals surface area contributed by atoms with Crippen molar-refractivity contribution in [1.82, 2.24) is 4.90 Å². The molecule has 0 unspecified atom stereocenters. The van der Waals surface area contributed by atoms with Gasteiger partial charge in [0.2, 0.25) is 0 Å². The van der Waals surface area contributed by atoms with Gasteiger partial charge in [0.15, 0.2) is 0 Å². The second-order valence-corrected chi connectivity index (χ2v) is 1.54. The summed E-state index contributed by atoms with van der Waals surface area (Å²) >= 11 is 0. The molecular formula is C3H6N2O5. The predicted molar refractivity (Wildman–Crippen MR) is 28.2 cm³/mol. The van der Waals surface area contributed by atoms with E-state index in [1.807, 2.05) is 0 Å². The molecule has 58 valence electrons. The van der Waals surface area contributed by atoms with Crippen LogP contribution in [0.2, 0.25) is 0 Å². The molecule has 0 bridgehead atoms. The molecule has 0 heterocycles. The van der Waals surface area contributed by atoms with Crippen molar-refractivity contribution in [3.05, 3.63) is 10.1 Å². The van der Waals surface area contributed by atoms with Gasteiger partial charge in [-0.05, 0) is 0 Å². The maximum Gasteiger partial charge on any atom is 0.442 e. The van der Waals surface area contributed by atoms with Gasteiger partial charge < -0.3 is 4.90 Å². The molecule has 0 aliphatic carbocycles. The van der Waals surface area contributed by atoms with Crippen molar-refractivity contribution in [3.63, 3.8) is 0 Å². The van der Waals surface area contributed by atoms with E-state index in [1.165, 1.54) is 14.1 Å². The summed E-state index contributed by atoms with van der Waals surface area (Å²) in [4.78, 5) is 27.7. The number of carbonyl (C=O) groups is 1. The summed E-state index contributed by atoms with van der Waals surface area (Å²) in [5.74, 6) is 0. The zero-order chi connectivity index (χ0) is 8.15. The van der Waals surface area contributed by atoms with Gasteiger partial charge in [-0.15, -0.1) is 10.1 Å². The Hall–Kier alpha value is -1.53. The number of hydrogen-bond donors (Lipinski definition) is 0. The highest BCUT2D eigenvalue weighted by molar-refractivity contribution is 5.65. The smallest absolute Gasteiger partial charge is 0.312 e. The molecule has 0 spiro atoms. The first-order chi connectivity index (χ1) is 4.54. The molecule has 0 N–H and O–H groups in total. The van der Waals surface area contributed by atoms with Crippen molar-refractivity contribution >= 4 is 6.09 Å². The van der Waals surface area contributed by atoms with Gasteiger partial charge in [0, 0.05) is 14.1 Å². The van der Waals surface area contributed by atoms with Crippen LogP contribution in [-0.4, -0.2) is 30.2 Å². The van der Waals surface area contributed by atoms with Gasteiger partial charge in [0.25, 0.3) is 0 Å². The quantitative estimate of drug-likeness (QED) is 0.309. The molecule has 0 aliphatic rings. The van der Waals surface area contributed by atoms with Crippen molar-refractivity contribution in [3.8, 4) is 0 Å². The molecule has 0 aromatic rings. The summed E-state index contributed by atoms with van der Waals surface area (Å²) in [6.07, 6.45) is -0.934. The second kappa shape index (κ2) is 3.49. The average molecular weight is 150 g/mol. The highest BCUT2D eigenvalue weighted by Gasteiger charge is 2.07. The van der Waals surface area contributed by atoms with Gasteiger partial charge in [0.05, 0.1) is 0 Å². The SMILES string of the molecule is CN(C)C(=O)OO[N+](=O)[O-]. The van der Waals surface area contributed by atoms with Gasteiger partial charge in [-0.1, -0.05) is 4.99 Å². The van der Waals surface area contributed by atoms with Crippen LogP contribution in [-0.2, 0) is 9.88 Å². The molecule has 7 nitrogen and oxygen atoms in total. The number of rotatable bonds is 2. The van der Waals surface area contributed by atoms with Crippen LogP contribution in [0.3, 0.4) is 0 Å². The van der Waals surface area contributed by atoms with E-state index in [9.17, 15) is 14.9 Å². The summed E-state index contributed by atoms with van der Waals surface area (Å²) in [5.41, 5.74) is 0. The van der Waals surface area contributed by atoms with Crippen LogP contribution in [0.1, 0.15) is 0 Å². The van der Waals surface area contributed by atoms with Crippen LogP contribution in [0.15, 0.2) is 0 Å². The van der Waals surface area contributed by atoms with E-state index in [4.69, 9.17) is 0 Å². The fourth-order valence-electron chi connectivity index (χ4n) is 0.137. The zero-order valence-corrected chi connectivity index (χ0v) is 5.44. The third-order valence-corrected chi connectivity index (χ3v) is 0.535. The molecular weight excluding hydrogens is 144 g/mol. The lowest BCUT2D eigenvalue weighted by Crippen LogP contribution is -2.23. The Bertz CT molecular complexity index is 144. The Kier molecular flexibility index (Phi) is 2.95. The first kappa shape index (κ1) is 8.47. The van der Waals surface area contributed by atoms with Crippen LogP contribution in [0.5, 0.6) is 0 Å². The van der Waals surface area contributed by atoms with E-state index in [0.29, 0.717) is 0 Å². The lowest BCUT2D eigenvalue weighted by atomic mass is 10.9. The Morgan fingerprint density at radius 3 is 2.40 bits per heavy atom. The Morgan fingerprint density at radius 1 is 1.60 bits per heavy atom. The Labute approximate surface area is 56.2 Å². The Balaban J connectivity index is 3.50. The average Bonchev–Trinajstić information content (AvgIpc) is 1.82. The van der Waals surface area contributed by atoms with E-state index in [-0.39, 0.29) is 0 Å². The van der Waals surface area contributed by atoms with Crippen LogP contribution in [0.25, 0.3) is 0 Å². The molecule has 0 rings (SSSR count). The van der Waals surface area contributed by atoms with E-state index in [1.54, 1.807) is 0 Å². The maximum absolute atomic E-state index is 10.3. The topological polar surface area (TPSA) is 81.9 Å². The van der Waals surface area contributed by atoms with Gasteiger partial charge in [-0.2, -0.15) is 0 Å². The minimum absolute atomic E-state index is 0.934. The van der Waals surface area contributed by atoms with Gasteiger partial charge in [-0.3, -0.25) is 0 Å². The molecule has 0 fully saturated rings. The summed E-state index contributed by atoms with van der Waals surface area (Å²) in [7, 11) is 2.73. The lowest BCUT2D eigenvalue weighted by molar-refractivity contribution is -0.839. The highest BCUT2D eigenvalue weighted by Crippen LogP contribution is 1.86. The van der Waals surface area contributed by atoms with E-state index in [0.717, 1.165) is 4.90 Å². The molecule has 0 aromatic carbocycles. The summed E-state index contributed by atoms with van der Waals surface area (Å²) in [6.45, 7) is 0. The van der Waals surface area contributed by atoms with Crippen molar-refractivity contribution in [2.75, 3.05) is 14.1 Å². The first-order valence-corrected chi connectivity index (χ1v) is 2.24. The summed E-state index contributed by atoms with van der Waals surface area (Å²) < 4.78 is 0. The van der Waals surface area contributed by atoms with E-state index >= 15 is 0 Å². The fourth-order valence-corrected chi connectivity index (χ4v) is 0.137. The maximum atomic E-state index is 10.3. The monoisotopic (exact) mass is 150 g/mol. The minimum atomic E-state index is -1.22. The van der Waals surface area contributed by atoms with Crippen LogP contribution in [0.4, 0.5) is 4.79 Å². The third-order valence-electron chi connectivity index (χ3n) is 0.535. The van der Waals surface area contributed by atoms with Crippen molar-refractivity contribution in [1.29, 1.82) is 0 Å². The normalized spacial score (nSPS) is 8.20. The van der Waals surface area contributed by atoms with Gasteiger partial charge in [-0.25, -0.2) is 9.68 Å². The van der Waals surface area contributed by atoms with Crippen molar-refractivity contribution in [2.45, 2.75) is 0 Å². The molecule has 7 heteroatoms. The predicted octanol–water partition coefficient (Wildman–Crippen LogP) is -0.192. The van der Waals surface area contributed by atoms with Crippen LogP contribution in [0, 0.1) is 10.1 Å². The molecule has 10 heavy (non-hydrogen) atoms. The molecule has 0 aromatic heterocycles. The Morgan fingerprint density at radius 2 is 2.10 bits per heavy atom. The van der Waals surface area contributed by atoms with E-state index < -0.39 is 11.2 Å². The van der Waals surface area contributed by atoms with Gasteiger partial charge >= 0.3 is 11.2 Å². The molecule has 0 radical (unpaired) electrons. The molecule has 0 aliphatic heterocycles. The van der Waals surface area contributed by atoms with Crippen LogP contribution >= 0.6 is 0 Å². The third kappa shape index (κ3) is 3.47. The standard InChI is InChI=1S/C3H6N2O5/c1-4(2)3(6)9-10-5(7)8/h1-2H3. The molecule has 1 amide bonds. The first-order valence-electron chi connectivity index (χ1n) is 2.24. The molecule has 0 saturated carbocycles. The number of nitrogens with zero attached hydrogens (tertiary/aromatic N) is 2. The number of amides is 1. The lowest BCUT2D eigenvalue weighted by Gasteiger charge is -2.05. The van der Waals surface area contributed by atoms with Crippen molar-refractivity contribution < 1.29 is 19.8 Å². The summed E-state index contributed by atoms with van der Waals surface area (Å²) in [6, 6.07) is 0. The van der Waals surface area contributed by atoms with Crippen molar-refractivity contribution in [2.24, 2.45) is 0 Å². The fraction of sp³-hybridized carbons (Fsp3) is 0.667. The molecule has 0 atom stereocenters. The molecule has 0 saturated heterocycles. The highest BCUT2D eigenvalue weighted by atomic mass is 17.3. The second-order valence-electron chi connectivity index (χ2n) is 1.54. The largest absolute Gasteiger partial charge is 0.442 e. The summed E-state index contributed by atoms with van der Waals surface area (Å²) in [5, 5.41) is 8.19. The van der Waals surface area contributed by atoms with Crippen LogP contribution < -0.4 is 0 Å². The van der Waals surface area contributed by atoms with E-state index in [2.05, 4.69) is 9.88 Å². The minimum Gasteiger partial charge on any atom is -0.312 e.